The molecule has 0 radical (unpaired) electrons. The van der Waals surface area contributed by atoms with Crippen molar-refractivity contribution >= 4 is 29.1 Å². The van der Waals surface area contributed by atoms with Gasteiger partial charge in [0.2, 0.25) is 0 Å². The molecule has 0 saturated heterocycles. The summed E-state index contributed by atoms with van der Waals surface area (Å²) < 4.78 is 5.02. The maximum Gasteiger partial charge on any atom is 0.313 e. The lowest BCUT2D eigenvalue weighted by atomic mass is 10.1. The lowest BCUT2D eigenvalue weighted by molar-refractivity contribution is -0.136. The number of halogens is 1. The predicted molar refractivity (Wildman–Crippen MR) is 95.7 cm³/mol. The van der Waals surface area contributed by atoms with Gasteiger partial charge in [-0.15, -0.1) is 0 Å². The van der Waals surface area contributed by atoms with E-state index in [9.17, 15) is 14.7 Å². The summed E-state index contributed by atoms with van der Waals surface area (Å²) in [5, 5.41) is 15.3. The molecule has 0 aliphatic carbocycles. The second-order valence-corrected chi connectivity index (χ2v) is 5.68. The third-order valence-corrected chi connectivity index (χ3v) is 3.80. The number of benzene rings is 2. The Morgan fingerprint density at radius 2 is 1.88 bits per heavy atom. The zero-order chi connectivity index (χ0) is 18.2. The normalized spacial score (nSPS) is 11.5. The van der Waals surface area contributed by atoms with Gasteiger partial charge in [0.1, 0.15) is 5.75 Å². The highest BCUT2D eigenvalue weighted by Gasteiger charge is 2.15. The maximum absolute atomic E-state index is 11.9. The number of aliphatic hydroxyl groups excluding tert-OH is 1. The molecule has 0 spiro atoms. The third kappa shape index (κ3) is 5.48. The number of rotatable bonds is 6. The van der Waals surface area contributed by atoms with Crippen LogP contribution in [0.1, 0.15) is 18.1 Å². The van der Waals surface area contributed by atoms with Crippen LogP contribution in [0.15, 0.2) is 48.5 Å². The first-order valence-corrected chi connectivity index (χ1v) is 8.04. The molecule has 0 aliphatic heterocycles. The minimum atomic E-state index is -0.810. The number of hydrogen-bond acceptors (Lipinski definition) is 4. The Kier molecular flexibility index (Phi) is 6.80. The van der Waals surface area contributed by atoms with Crippen molar-refractivity contribution in [2.75, 3.05) is 19.0 Å². The molecule has 2 amide bonds. The first kappa shape index (κ1) is 18.8. The van der Waals surface area contributed by atoms with Crippen LogP contribution in [0.2, 0.25) is 5.02 Å². The topological polar surface area (TPSA) is 87.7 Å². The highest BCUT2D eigenvalue weighted by Crippen LogP contribution is 2.27. The van der Waals surface area contributed by atoms with Crippen LogP contribution in [-0.2, 0) is 9.59 Å². The summed E-state index contributed by atoms with van der Waals surface area (Å²) in [7, 11) is 1.48. The van der Waals surface area contributed by atoms with E-state index in [0.29, 0.717) is 22.9 Å². The average Bonchev–Trinajstić information content (AvgIpc) is 2.62. The van der Waals surface area contributed by atoms with Gasteiger partial charge in [-0.3, -0.25) is 9.59 Å². The molecular weight excluding hydrogens is 344 g/mol. The molecule has 7 heteroatoms. The van der Waals surface area contributed by atoms with Crippen molar-refractivity contribution in [3.63, 3.8) is 0 Å². The predicted octanol–water partition coefficient (Wildman–Crippen LogP) is 2.53. The second-order valence-electron chi connectivity index (χ2n) is 5.27. The molecule has 0 fully saturated rings. The molecular formula is C18H19ClN2O4. The molecule has 1 atom stereocenters. The molecule has 2 aromatic rings. The highest BCUT2D eigenvalue weighted by atomic mass is 35.5. The van der Waals surface area contributed by atoms with Crippen molar-refractivity contribution in [3.8, 4) is 5.75 Å². The molecule has 3 N–H and O–H groups in total. The number of nitrogens with one attached hydrogen (secondary N) is 2. The summed E-state index contributed by atoms with van der Waals surface area (Å²) in [6, 6.07) is 13.8. The van der Waals surface area contributed by atoms with Crippen LogP contribution in [-0.4, -0.2) is 30.6 Å². The van der Waals surface area contributed by atoms with Gasteiger partial charge in [0, 0.05) is 12.2 Å². The van der Waals surface area contributed by atoms with Crippen molar-refractivity contribution in [3.05, 3.63) is 59.1 Å². The Bertz CT molecular complexity index is 737. The van der Waals surface area contributed by atoms with Gasteiger partial charge in [-0.2, -0.15) is 0 Å². The van der Waals surface area contributed by atoms with Crippen LogP contribution in [0.25, 0.3) is 0 Å². The molecule has 6 nitrogen and oxygen atoms in total. The van der Waals surface area contributed by atoms with Crippen LogP contribution in [0.3, 0.4) is 0 Å². The summed E-state index contributed by atoms with van der Waals surface area (Å²) >= 11 is 5.96. The van der Waals surface area contributed by atoms with Crippen LogP contribution in [0.5, 0.6) is 5.75 Å². The van der Waals surface area contributed by atoms with E-state index in [2.05, 4.69) is 10.6 Å². The Morgan fingerprint density at radius 1 is 1.16 bits per heavy atom. The minimum absolute atomic E-state index is 0.172. The Morgan fingerprint density at radius 3 is 2.52 bits per heavy atom. The van der Waals surface area contributed by atoms with Gasteiger partial charge in [0.15, 0.2) is 0 Å². The fourth-order valence-electron chi connectivity index (χ4n) is 2.18. The van der Waals surface area contributed by atoms with Crippen LogP contribution >= 0.6 is 11.6 Å². The van der Waals surface area contributed by atoms with Crippen molar-refractivity contribution < 1.29 is 19.4 Å². The van der Waals surface area contributed by atoms with Gasteiger partial charge in [-0.05, 0) is 30.2 Å². The van der Waals surface area contributed by atoms with Crippen LogP contribution < -0.4 is 15.4 Å². The smallest absolute Gasteiger partial charge is 0.313 e. The maximum atomic E-state index is 11.9. The Hall–Kier alpha value is -2.57. The zero-order valence-corrected chi connectivity index (χ0v) is 14.4. The molecule has 0 bridgehead atoms. The van der Waals surface area contributed by atoms with Crippen LogP contribution in [0.4, 0.5) is 5.69 Å². The molecule has 132 valence electrons. The number of methoxy groups -OCH3 is 1. The number of ether oxygens (including phenoxy) is 1. The SMILES string of the molecule is COc1ccc(NC(=O)C(=O)NCCC(O)c2ccccc2)cc1Cl. The molecule has 0 aromatic heterocycles. The van der Waals surface area contributed by atoms with Gasteiger partial charge < -0.3 is 20.5 Å². The standard InChI is InChI=1S/C18H19ClN2O4/c1-25-16-8-7-13(11-14(16)19)21-18(24)17(23)20-10-9-15(22)12-5-3-2-4-6-12/h2-8,11,15,22H,9-10H2,1H3,(H,20,23)(H,21,24). The molecule has 0 saturated carbocycles. The minimum Gasteiger partial charge on any atom is -0.495 e. The third-order valence-electron chi connectivity index (χ3n) is 3.50. The van der Waals surface area contributed by atoms with E-state index < -0.39 is 17.9 Å². The van der Waals surface area contributed by atoms with E-state index in [0.717, 1.165) is 5.56 Å². The molecule has 25 heavy (non-hydrogen) atoms. The Balaban J connectivity index is 1.80. The Labute approximate surface area is 150 Å². The van der Waals surface area contributed by atoms with Crippen LogP contribution in [0, 0.1) is 0 Å². The summed E-state index contributed by atoms with van der Waals surface area (Å²) in [5.41, 5.74) is 1.14. The zero-order valence-electron chi connectivity index (χ0n) is 13.7. The van der Waals surface area contributed by atoms with E-state index in [1.54, 1.807) is 24.3 Å². The highest BCUT2D eigenvalue weighted by molar-refractivity contribution is 6.40. The summed E-state index contributed by atoms with van der Waals surface area (Å²) in [6.45, 7) is 0.172. The number of carbonyl (C=O) groups is 2. The summed E-state index contributed by atoms with van der Waals surface area (Å²) in [6.07, 6.45) is -0.401. The van der Waals surface area contributed by atoms with E-state index >= 15 is 0 Å². The molecule has 2 rings (SSSR count). The second kappa shape index (κ2) is 9.05. The van der Waals surface area contributed by atoms with Crippen molar-refractivity contribution in [1.82, 2.24) is 5.32 Å². The largest absolute Gasteiger partial charge is 0.495 e. The lowest BCUT2D eigenvalue weighted by Crippen LogP contribution is -2.36. The summed E-state index contributed by atoms with van der Waals surface area (Å²) in [5.74, 6) is -1.12. The number of carbonyl (C=O) groups excluding carboxylic acids is 2. The monoisotopic (exact) mass is 362 g/mol. The van der Waals surface area contributed by atoms with Crippen molar-refractivity contribution in [2.24, 2.45) is 0 Å². The van der Waals surface area contributed by atoms with Gasteiger partial charge in [-0.25, -0.2) is 0 Å². The first-order valence-electron chi connectivity index (χ1n) is 7.67. The fraction of sp³-hybridized carbons (Fsp3) is 0.222. The number of anilines is 1. The average molecular weight is 363 g/mol. The first-order chi connectivity index (χ1) is 12.0. The molecule has 1 unspecified atom stereocenters. The number of aliphatic hydroxyl groups is 1. The van der Waals surface area contributed by atoms with Gasteiger partial charge in [0.25, 0.3) is 0 Å². The van der Waals surface area contributed by atoms with E-state index in [1.807, 2.05) is 18.2 Å². The van der Waals surface area contributed by atoms with Crippen molar-refractivity contribution in [1.29, 1.82) is 0 Å². The quantitative estimate of drug-likeness (QED) is 0.689. The van der Waals surface area contributed by atoms with E-state index in [4.69, 9.17) is 16.3 Å². The van der Waals surface area contributed by atoms with Crippen molar-refractivity contribution in [2.45, 2.75) is 12.5 Å². The van der Waals surface area contributed by atoms with E-state index in [-0.39, 0.29) is 6.54 Å². The fourth-order valence-corrected chi connectivity index (χ4v) is 2.43. The summed E-state index contributed by atoms with van der Waals surface area (Å²) in [4.78, 5) is 23.7. The van der Waals surface area contributed by atoms with E-state index in [1.165, 1.54) is 13.2 Å². The number of amides is 2. The lowest BCUT2D eigenvalue weighted by Gasteiger charge is -2.12. The molecule has 0 aliphatic rings. The number of hydrogen-bond donors (Lipinski definition) is 3. The van der Waals surface area contributed by atoms with Gasteiger partial charge >= 0.3 is 11.8 Å². The molecule has 0 heterocycles. The van der Waals surface area contributed by atoms with Gasteiger partial charge in [-0.1, -0.05) is 41.9 Å². The molecule has 2 aromatic carbocycles. The van der Waals surface area contributed by atoms with Gasteiger partial charge in [0.05, 0.1) is 18.2 Å².